The molecule has 2 aromatic carbocycles. The average molecular weight is 937 g/mol. The number of hydrogen-bond donors (Lipinski definition) is 4. The first-order valence-electron chi connectivity index (χ1n) is 23.3. The van der Waals surface area contributed by atoms with E-state index in [2.05, 4.69) is 39.0 Å². The molecule has 0 spiro atoms. The van der Waals surface area contributed by atoms with Crippen LogP contribution in [0.15, 0.2) is 60.8 Å². The zero-order valence-electron chi connectivity index (χ0n) is 38.0. The third-order valence-corrected chi connectivity index (χ3v) is 16.9. The van der Waals surface area contributed by atoms with E-state index in [1.54, 1.807) is 6.20 Å². The predicted octanol–water partition coefficient (Wildman–Crippen LogP) is 7.45. The van der Waals surface area contributed by atoms with Gasteiger partial charge in [0.1, 0.15) is 5.82 Å². The molecule has 5 heterocycles. The molecule has 350 valence electrons. The van der Waals surface area contributed by atoms with Crippen LogP contribution >= 0.6 is 11.3 Å². The second kappa shape index (κ2) is 17.1. The van der Waals surface area contributed by atoms with Gasteiger partial charge in [0.15, 0.2) is 10.8 Å². The summed E-state index contributed by atoms with van der Waals surface area (Å²) in [5.74, 6) is -1.11. The number of rotatable bonds is 15. The molecular formula is C49H60N8O7S2. The molecular weight excluding hydrogens is 877 g/mol. The van der Waals surface area contributed by atoms with Crippen molar-refractivity contribution in [3.05, 3.63) is 88.9 Å². The van der Waals surface area contributed by atoms with Gasteiger partial charge < -0.3 is 20.1 Å². The number of anilines is 2. The van der Waals surface area contributed by atoms with Crippen LogP contribution in [-0.2, 0) is 34.4 Å². The van der Waals surface area contributed by atoms with Gasteiger partial charge in [0, 0.05) is 61.1 Å². The molecule has 0 radical (unpaired) electrons. The first-order valence-corrected chi connectivity index (χ1v) is 25.7. The summed E-state index contributed by atoms with van der Waals surface area (Å²) in [5, 5.41) is 22.5. The summed E-state index contributed by atoms with van der Waals surface area (Å²) < 4.78 is 43.2. The first kappa shape index (κ1) is 45.0. The Morgan fingerprint density at radius 2 is 1.73 bits per heavy atom. The van der Waals surface area contributed by atoms with Gasteiger partial charge in [-0.3, -0.25) is 24.2 Å². The van der Waals surface area contributed by atoms with E-state index in [0.29, 0.717) is 61.3 Å². The average Bonchev–Trinajstić information content (AvgIpc) is 3.84. The fraction of sp³-hybridized carbons (Fsp3) is 0.531. The largest absolute Gasteiger partial charge is 0.476 e. The molecule has 4 aliphatic carbocycles. The van der Waals surface area contributed by atoms with Gasteiger partial charge in [-0.15, -0.1) is 0 Å². The summed E-state index contributed by atoms with van der Waals surface area (Å²) in [6, 6.07) is 17.5. The minimum absolute atomic E-state index is 0.0416. The van der Waals surface area contributed by atoms with Crippen LogP contribution in [0, 0.1) is 23.2 Å². The fourth-order valence-electron chi connectivity index (χ4n) is 13.7. The van der Waals surface area contributed by atoms with Crippen molar-refractivity contribution in [1.29, 1.82) is 0 Å². The quantitative estimate of drug-likeness (QED) is 0.0758. The van der Waals surface area contributed by atoms with E-state index >= 15 is 0 Å². The van der Waals surface area contributed by atoms with Gasteiger partial charge in [-0.05, 0) is 136 Å². The molecule has 4 saturated carbocycles. The van der Waals surface area contributed by atoms with E-state index < -0.39 is 16.1 Å². The monoisotopic (exact) mass is 936 g/mol. The van der Waals surface area contributed by atoms with Crippen molar-refractivity contribution in [2.75, 3.05) is 55.3 Å². The number of hydrogen-bond acceptors (Lipinski definition) is 12. The number of amides is 1. The predicted molar refractivity (Wildman–Crippen MR) is 255 cm³/mol. The van der Waals surface area contributed by atoms with Crippen molar-refractivity contribution < 1.29 is 32.4 Å². The number of piperidine rings is 1. The summed E-state index contributed by atoms with van der Waals surface area (Å²) in [6.45, 7) is 11.7. The van der Waals surface area contributed by atoms with Gasteiger partial charge in [0.2, 0.25) is 0 Å². The number of para-hydroxylation sites is 1. The zero-order chi connectivity index (χ0) is 46.1. The third-order valence-electron chi connectivity index (χ3n) is 15.2. The first-order chi connectivity index (χ1) is 31.5. The van der Waals surface area contributed by atoms with E-state index in [0.717, 1.165) is 97.1 Å². The van der Waals surface area contributed by atoms with Gasteiger partial charge in [-0.25, -0.2) is 14.8 Å². The maximum atomic E-state index is 13.7. The number of carboxylic acid groups (broad SMARTS) is 1. The van der Waals surface area contributed by atoms with Crippen LogP contribution in [0.4, 0.5) is 10.9 Å². The minimum atomic E-state index is -4.08. The van der Waals surface area contributed by atoms with Crippen molar-refractivity contribution in [3.8, 4) is 11.1 Å². The van der Waals surface area contributed by atoms with Crippen LogP contribution in [0.2, 0.25) is 0 Å². The Morgan fingerprint density at radius 1 is 0.955 bits per heavy atom. The fourth-order valence-corrected chi connectivity index (χ4v) is 15.0. The number of fused-ring (bicyclic) bond motifs is 2. The molecule has 5 aromatic rings. The topological polar surface area (TPSA) is 192 Å². The molecule has 17 heteroatoms. The highest BCUT2D eigenvalue weighted by molar-refractivity contribution is 7.85. The molecule has 4 N–H and O–H groups in total. The molecule has 2 aliphatic heterocycles. The number of thiazole rings is 1. The van der Waals surface area contributed by atoms with Crippen LogP contribution < -0.4 is 15.5 Å². The Bertz CT molecular complexity index is 2750. The maximum Gasteiger partial charge on any atom is 0.355 e. The van der Waals surface area contributed by atoms with Crippen LogP contribution in [-0.4, -0.2) is 111 Å². The van der Waals surface area contributed by atoms with Crippen molar-refractivity contribution in [1.82, 2.24) is 30.0 Å². The molecule has 1 saturated heterocycles. The lowest BCUT2D eigenvalue weighted by Gasteiger charge is -2.69. The minimum Gasteiger partial charge on any atom is -0.476 e. The molecule has 6 aliphatic rings. The van der Waals surface area contributed by atoms with Gasteiger partial charge in [0.05, 0.1) is 34.4 Å². The number of benzene rings is 2. The Morgan fingerprint density at radius 3 is 2.47 bits per heavy atom. The summed E-state index contributed by atoms with van der Waals surface area (Å²) in [6.07, 6.45) is 10.5. The Balaban J connectivity index is 0.858. The third kappa shape index (κ3) is 9.01. The number of nitrogens with zero attached hydrogens (tertiary/aromatic N) is 6. The number of carbonyl (C=O) groups is 2. The standard InChI is InChI=1S/C49H60N8O7S2/c1-32-37(35-11-12-41(53-42(35)44(59)60)56-18-15-33-7-6-8-36(38(33)24-56)43(58)54-45-52-39-9-4-5-10-40(39)65-45)23-51-57(32)31-48-26-46(2)25-47(3,27-48)29-49(28-46,30-48)64-21-19-55(20-22-66(61,62)63)34-13-16-50-17-14-34/h4-12,23,34,50H,13-22,24-31H2,1-3H3,(H,59,60)(H,52,54,58)(H,61,62,63). The Kier molecular flexibility index (Phi) is 11.6. The molecule has 1 amide bonds. The van der Waals surface area contributed by atoms with Crippen molar-refractivity contribution in [2.24, 2.45) is 16.2 Å². The maximum absolute atomic E-state index is 13.7. The number of pyridine rings is 1. The van der Waals surface area contributed by atoms with E-state index in [9.17, 15) is 27.7 Å². The van der Waals surface area contributed by atoms with E-state index in [-0.39, 0.29) is 51.8 Å². The van der Waals surface area contributed by atoms with Crippen LogP contribution in [0.1, 0.15) is 103 Å². The summed E-state index contributed by atoms with van der Waals surface area (Å²) in [5.41, 5.74) is 5.26. The number of aromatic carboxylic acids is 1. The number of nitrogens with one attached hydrogen (secondary N) is 2. The summed E-state index contributed by atoms with van der Waals surface area (Å²) in [4.78, 5) is 40.3. The van der Waals surface area contributed by atoms with Gasteiger partial charge in [-0.2, -0.15) is 13.5 Å². The van der Waals surface area contributed by atoms with Crippen LogP contribution in [0.5, 0.6) is 0 Å². The Labute approximate surface area is 390 Å². The second-order valence-corrected chi connectivity index (χ2v) is 23.3. The van der Waals surface area contributed by atoms with Gasteiger partial charge in [0.25, 0.3) is 16.0 Å². The Hall–Kier alpha value is -4.78. The lowest BCUT2D eigenvalue weighted by atomic mass is 9.39. The highest BCUT2D eigenvalue weighted by atomic mass is 32.2. The SMILES string of the molecule is Cc1c(-c2ccc(N3CCc4cccc(C(=O)Nc5nc6ccccc6s5)c4C3)nc2C(=O)O)cnn1CC12CC3(C)CC(C)(C1)CC(OCCN(CCS(=O)(=O)O)C1CCNCC1)(C3)C2. The van der Waals surface area contributed by atoms with E-state index in [4.69, 9.17) is 14.8 Å². The van der Waals surface area contributed by atoms with Crippen molar-refractivity contribution in [3.63, 3.8) is 0 Å². The lowest BCUT2D eigenvalue weighted by molar-refractivity contribution is -0.249. The van der Waals surface area contributed by atoms with Crippen molar-refractivity contribution in [2.45, 2.75) is 103 Å². The summed E-state index contributed by atoms with van der Waals surface area (Å²) in [7, 11) is -4.08. The summed E-state index contributed by atoms with van der Waals surface area (Å²) >= 11 is 1.43. The number of aromatic nitrogens is 4. The molecule has 3 aromatic heterocycles. The van der Waals surface area contributed by atoms with Crippen LogP contribution in [0.3, 0.4) is 0 Å². The highest BCUT2D eigenvalue weighted by Gasteiger charge is 2.66. The zero-order valence-corrected chi connectivity index (χ0v) is 39.6. The highest BCUT2D eigenvalue weighted by Crippen LogP contribution is 2.72. The molecule has 66 heavy (non-hydrogen) atoms. The lowest BCUT2D eigenvalue weighted by Crippen LogP contribution is -2.64. The van der Waals surface area contributed by atoms with Crippen molar-refractivity contribution >= 4 is 54.5 Å². The van der Waals surface area contributed by atoms with Crippen LogP contribution in [0.25, 0.3) is 21.3 Å². The smallest absolute Gasteiger partial charge is 0.355 e. The molecule has 11 rings (SSSR count). The van der Waals surface area contributed by atoms with Gasteiger partial charge >= 0.3 is 5.97 Å². The molecule has 2 unspecified atom stereocenters. The number of carbonyl (C=O) groups excluding carboxylic acids is 1. The van der Waals surface area contributed by atoms with E-state index in [1.165, 1.54) is 11.3 Å². The molecule has 4 bridgehead atoms. The normalized spacial score (nSPS) is 26.3. The molecule has 5 fully saturated rings. The number of ether oxygens (including phenoxy) is 1. The second-order valence-electron chi connectivity index (χ2n) is 20.7. The molecule has 2 atom stereocenters. The molecule has 15 nitrogen and oxygen atoms in total. The van der Waals surface area contributed by atoms with Gasteiger partial charge in [-0.1, -0.05) is 49.4 Å². The number of carboxylic acids is 1. The van der Waals surface area contributed by atoms with E-state index in [1.807, 2.05) is 66.4 Å².